The average molecular weight is 197 g/mol. The number of rotatable bonds is 1. The molecule has 1 aliphatic carbocycles. The second-order valence-corrected chi connectivity index (χ2v) is 5.19. The number of aliphatic hydroxyl groups is 1. The van der Waals surface area contributed by atoms with Crippen molar-refractivity contribution < 1.29 is 5.11 Å². The minimum atomic E-state index is -0.0203. The molecule has 2 heteroatoms. The predicted molar refractivity (Wildman–Crippen MR) is 58.2 cm³/mol. The van der Waals surface area contributed by atoms with Crippen molar-refractivity contribution in [2.24, 2.45) is 5.92 Å². The molecule has 0 aromatic carbocycles. The smallest absolute Gasteiger partial charge is 0.0555 e. The molecule has 0 aromatic rings. The third-order valence-corrected chi connectivity index (χ3v) is 3.95. The van der Waals surface area contributed by atoms with Crippen molar-refractivity contribution in [3.8, 4) is 0 Å². The molecule has 0 radical (unpaired) electrons. The lowest BCUT2D eigenvalue weighted by Gasteiger charge is -2.39. The van der Waals surface area contributed by atoms with Gasteiger partial charge in [0.05, 0.1) is 6.10 Å². The van der Waals surface area contributed by atoms with E-state index in [1.807, 2.05) is 0 Å². The molecule has 1 heterocycles. The fraction of sp³-hybridized carbons (Fsp3) is 1.00. The van der Waals surface area contributed by atoms with Crippen LogP contribution in [-0.4, -0.2) is 35.2 Å². The third-order valence-electron chi connectivity index (χ3n) is 3.95. The Morgan fingerprint density at radius 1 is 1.07 bits per heavy atom. The highest BCUT2D eigenvalue weighted by Crippen LogP contribution is 2.26. The molecule has 82 valence electrons. The maximum absolute atomic E-state index is 9.64. The molecule has 2 nitrogen and oxygen atoms in total. The summed E-state index contributed by atoms with van der Waals surface area (Å²) in [5.74, 6) is 0.916. The van der Waals surface area contributed by atoms with Crippen molar-refractivity contribution in [3.05, 3.63) is 0 Å². The number of hydrogen-bond acceptors (Lipinski definition) is 2. The van der Waals surface area contributed by atoms with Gasteiger partial charge in [0, 0.05) is 6.04 Å². The van der Waals surface area contributed by atoms with E-state index in [1.165, 1.54) is 38.8 Å². The van der Waals surface area contributed by atoms with E-state index in [2.05, 4.69) is 11.8 Å². The molecule has 1 N–H and O–H groups in total. The first kappa shape index (κ1) is 10.4. The van der Waals surface area contributed by atoms with E-state index in [9.17, 15) is 5.11 Å². The van der Waals surface area contributed by atoms with Gasteiger partial charge < -0.3 is 10.0 Å². The zero-order valence-corrected chi connectivity index (χ0v) is 9.28. The van der Waals surface area contributed by atoms with Gasteiger partial charge >= 0.3 is 0 Å². The van der Waals surface area contributed by atoms with Gasteiger partial charge in [-0.15, -0.1) is 0 Å². The molecule has 0 amide bonds. The number of likely N-dealkylation sites (tertiary alicyclic amines) is 1. The highest BCUT2D eigenvalue weighted by molar-refractivity contribution is 4.82. The van der Waals surface area contributed by atoms with Crippen LogP contribution in [0.3, 0.4) is 0 Å². The fourth-order valence-corrected chi connectivity index (χ4v) is 2.86. The summed E-state index contributed by atoms with van der Waals surface area (Å²) in [7, 11) is 0. The van der Waals surface area contributed by atoms with Gasteiger partial charge in [0.2, 0.25) is 0 Å². The predicted octanol–water partition coefficient (Wildman–Crippen LogP) is 2.02. The van der Waals surface area contributed by atoms with E-state index in [4.69, 9.17) is 0 Å². The normalized spacial score (nSPS) is 37.3. The van der Waals surface area contributed by atoms with Crippen LogP contribution >= 0.6 is 0 Å². The zero-order valence-electron chi connectivity index (χ0n) is 9.28. The van der Waals surface area contributed by atoms with E-state index < -0.39 is 0 Å². The summed E-state index contributed by atoms with van der Waals surface area (Å²) in [6, 6.07) is 0.686. The molecule has 1 saturated carbocycles. The van der Waals surface area contributed by atoms with Crippen LogP contribution < -0.4 is 0 Å². The molecule has 2 fully saturated rings. The van der Waals surface area contributed by atoms with E-state index >= 15 is 0 Å². The summed E-state index contributed by atoms with van der Waals surface area (Å²) >= 11 is 0. The summed E-state index contributed by atoms with van der Waals surface area (Å²) < 4.78 is 0. The molecule has 1 aliphatic heterocycles. The van der Waals surface area contributed by atoms with Gasteiger partial charge in [0.1, 0.15) is 0 Å². The van der Waals surface area contributed by atoms with Crippen LogP contribution in [0.25, 0.3) is 0 Å². The van der Waals surface area contributed by atoms with E-state index in [0.29, 0.717) is 6.04 Å². The first-order valence-corrected chi connectivity index (χ1v) is 6.18. The Hall–Kier alpha value is -0.0800. The van der Waals surface area contributed by atoms with E-state index in [0.717, 1.165) is 18.8 Å². The maximum Gasteiger partial charge on any atom is 0.0555 e. The molecular formula is C12H23NO. The first-order valence-electron chi connectivity index (χ1n) is 6.18. The van der Waals surface area contributed by atoms with E-state index in [-0.39, 0.29) is 6.10 Å². The molecule has 14 heavy (non-hydrogen) atoms. The topological polar surface area (TPSA) is 23.5 Å². The molecule has 2 rings (SSSR count). The number of piperidine rings is 1. The minimum Gasteiger partial charge on any atom is -0.393 e. The standard InChI is InChI=1S/C12H23NO/c1-10-5-7-13(8-6-10)11-3-2-4-12(14)9-11/h10-12,14H,2-9H2,1H3. The van der Waals surface area contributed by atoms with Crippen LogP contribution in [-0.2, 0) is 0 Å². The number of aliphatic hydroxyl groups excluding tert-OH is 1. The minimum absolute atomic E-state index is 0.0203. The average Bonchev–Trinajstić information content (AvgIpc) is 2.19. The Morgan fingerprint density at radius 2 is 1.79 bits per heavy atom. The lowest BCUT2D eigenvalue weighted by atomic mass is 9.89. The van der Waals surface area contributed by atoms with Crippen molar-refractivity contribution in [1.29, 1.82) is 0 Å². The summed E-state index contributed by atoms with van der Waals surface area (Å²) in [6.45, 7) is 4.88. The first-order chi connectivity index (χ1) is 6.75. The van der Waals surface area contributed by atoms with Gasteiger partial charge in [0.15, 0.2) is 0 Å². The van der Waals surface area contributed by atoms with Crippen LogP contribution in [0.4, 0.5) is 0 Å². The lowest BCUT2D eigenvalue weighted by molar-refractivity contribution is 0.0461. The lowest BCUT2D eigenvalue weighted by Crippen LogP contribution is -2.44. The van der Waals surface area contributed by atoms with Crippen molar-refractivity contribution in [2.75, 3.05) is 13.1 Å². The summed E-state index contributed by atoms with van der Waals surface area (Å²) in [5, 5.41) is 9.64. The van der Waals surface area contributed by atoms with Crippen LogP contribution in [0.1, 0.15) is 45.4 Å². The van der Waals surface area contributed by atoms with Gasteiger partial charge in [-0.1, -0.05) is 6.92 Å². The Kier molecular flexibility index (Phi) is 3.45. The molecule has 2 aliphatic rings. The van der Waals surface area contributed by atoms with Gasteiger partial charge in [0.25, 0.3) is 0 Å². The molecule has 0 spiro atoms. The van der Waals surface area contributed by atoms with Crippen LogP contribution in [0, 0.1) is 5.92 Å². The van der Waals surface area contributed by atoms with E-state index in [1.54, 1.807) is 0 Å². The van der Waals surface area contributed by atoms with Crippen LogP contribution in [0.2, 0.25) is 0 Å². The quantitative estimate of drug-likeness (QED) is 0.695. The van der Waals surface area contributed by atoms with Crippen LogP contribution in [0.5, 0.6) is 0 Å². The summed E-state index contributed by atoms with van der Waals surface area (Å²) in [6.07, 6.45) is 7.27. The molecular weight excluding hydrogens is 174 g/mol. The van der Waals surface area contributed by atoms with Crippen LogP contribution in [0.15, 0.2) is 0 Å². The van der Waals surface area contributed by atoms with Crippen molar-refractivity contribution >= 4 is 0 Å². The molecule has 1 saturated heterocycles. The summed E-state index contributed by atoms with van der Waals surface area (Å²) in [4.78, 5) is 2.61. The molecule has 2 atom stereocenters. The summed E-state index contributed by atoms with van der Waals surface area (Å²) in [5.41, 5.74) is 0. The zero-order chi connectivity index (χ0) is 9.97. The highest BCUT2D eigenvalue weighted by atomic mass is 16.3. The molecule has 2 unspecified atom stereocenters. The van der Waals surface area contributed by atoms with Gasteiger partial charge in [-0.05, 0) is 57.5 Å². The maximum atomic E-state index is 9.64. The third kappa shape index (κ3) is 2.48. The van der Waals surface area contributed by atoms with Gasteiger partial charge in [-0.2, -0.15) is 0 Å². The number of nitrogens with zero attached hydrogens (tertiary/aromatic N) is 1. The molecule has 0 bridgehead atoms. The fourth-order valence-electron chi connectivity index (χ4n) is 2.86. The SMILES string of the molecule is CC1CCN(C2CCCC(O)C2)CC1. The second-order valence-electron chi connectivity index (χ2n) is 5.19. The Morgan fingerprint density at radius 3 is 2.43 bits per heavy atom. The second kappa shape index (κ2) is 4.63. The Labute approximate surface area is 87.3 Å². The van der Waals surface area contributed by atoms with Crippen molar-refractivity contribution in [1.82, 2.24) is 4.90 Å². The van der Waals surface area contributed by atoms with Crippen molar-refractivity contribution in [2.45, 2.75) is 57.6 Å². The highest BCUT2D eigenvalue weighted by Gasteiger charge is 2.27. The molecule has 0 aromatic heterocycles. The van der Waals surface area contributed by atoms with Crippen molar-refractivity contribution in [3.63, 3.8) is 0 Å². The monoisotopic (exact) mass is 197 g/mol. The largest absolute Gasteiger partial charge is 0.393 e. The Balaban J connectivity index is 1.82. The van der Waals surface area contributed by atoms with Gasteiger partial charge in [-0.25, -0.2) is 0 Å². The van der Waals surface area contributed by atoms with Gasteiger partial charge in [-0.3, -0.25) is 0 Å². The Bertz CT molecular complexity index is 175. The number of hydrogen-bond donors (Lipinski definition) is 1.